The second-order valence-corrected chi connectivity index (χ2v) is 8.16. The molecule has 8 nitrogen and oxygen atoms in total. The van der Waals surface area contributed by atoms with E-state index in [1.807, 2.05) is 34.1 Å². The van der Waals surface area contributed by atoms with Gasteiger partial charge < -0.3 is 25.0 Å². The van der Waals surface area contributed by atoms with E-state index < -0.39 is 0 Å². The van der Waals surface area contributed by atoms with Crippen LogP contribution >= 0.6 is 22.6 Å². The number of hydrogen-bond donors (Lipinski definition) is 1. The number of ether oxygens (including phenoxy) is 2. The zero-order valence-electron chi connectivity index (χ0n) is 16.8. The number of benzene rings is 2. The van der Waals surface area contributed by atoms with E-state index in [0.29, 0.717) is 65.9 Å². The Kier molecular flexibility index (Phi) is 5.80. The van der Waals surface area contributed by atoms with Gasteiger partial charge in [0.15, 0.2) is 11.5 Å². The first-order valence-electron chi connectivity index (χ1n) is 9.49. The number of aromatic nitrogens is 2. The number of methoxy groups -OCH3 is 2. The summed E-state index contributed by atoms with van der Waals surface area (Å²) in [7, 11) is 3.16. The lowest BCUT2D eigenvalue weighted by atomic mass is 10.2. The Morgan fingerprint density at radius 3 is 2.27 bits per heavy atom. The summed E-state index contributed by atoms with van der Waals surface area (Å²) in [5.74, 6) is 2.14. The molecule has 1 aromatic heterocycles. The number of nitrogens with two attached hydrogens (primary N) is 1. The van der Waals surface area contributed by atoms with Crippen LogP contribution in [0.15, 0.2) is 36.4 Å². The summed E-state index contributed by atoms with van der Waals surface area (Å²) in [4.78, 5) is 25.8. The van der Waals surface area contributed by atoms with Gasteiger partial charge in [-0.2, -0.15) is 4.98 Å². The van der Waals surface area contributed by atoms with Crippen molar-refractivity contribution in [2.24, 2.45) is 0 Å². The molecule has 0 unspecified atom stereocenters. The van der Waals surface area contributed by atoms with Crippen molar-refractivity contribution >= 4 is 51.2 Å². The SMILES string of the molecule is COc1cc2nc(N3CCN(C(=O)c4ccc(I)cc4)CC3)nc(N)c2cc1OC. The maximum atomic E-state index is 12.7. The zero-order chi connectivity index (χ0) is 21.3. The first-order chi connectivity index (χ1) is 14.5. The Morgan fingerprint density at radius 1 is 1.00 bits per heavy atom. The van der Waals surface area contributed by atoms with E-state index in [4.69, 9.17) is 15.2 Å². The summed E-state index contributed by atoms with van der Waals surface area (Å²) in [6, 6.07) is 11.2. The molecular weight excluding hydrogens is 497 g/mol. The summed E-state index contributed by atoms with van der Waals surface area (Å²) in [5, 5.41) is 0.712. The van der Waals surface area contributed by atoms with Crippen LogP contribution in [-0.2, 0) is 0 Å². The van der Waals surface area contributed by atoms with Crippen LogP contribution in [0.25, 0.3) is 10.9 Å². The average Bonchev–Trinajstić information content (AvgIpc) is 2.78. The summed E-state index contributed by atoms with van der Waals surface area (Å²) in [6.07, 6.45) is 0. The van der Waals surface area contributed by atoms with Gasteiger partial charge in [-0.15, -0.1) is 0 Å². The number of carbonyl (C=O) groups is 1. The van der Waals surface area contributed by atoms with E-state index in [1.165, 1.54) is 0 Å². The number of anilines is 2. The number of carbonyl (C=O) groups excluding carboxylic acids is 1. The van der Waals surface area contributed by atoms with Crippen LogP contribution in [0.4, 0.5) is 11.8 Å². The molecule has 0 saturated carbocycles. The lowest BCUT2D eigenvalue weighted by Gasteiger charge is -2.35. The second-order valence-electron chi connectivity index (χ2n) is 6.92. The van der Waals surface area contributed by atoms with Crippen molar-refractivity contribution in [1.29, 1.82) is 0 Å². The molecular formula is C21H22IN5O3. The summed E-state index contributed by atoms with van der Waals surface area (Å²) < 4.78 is 11.8. The molecule has 0 bridgehead atoms. The van der Waals surface area contributed by atoms with Gasteiger partial charge in [-0.05, 0) is 52.9 Å². The number of nitrogen functional groups attached to an aromatic ring is 1. The van der Waals surface area contributed by atoms with Crippen LogP contribution < -0.4 is 20.1 Å². The van der Waals surface area contributed by atoms with E-state index in [1.54, 1.807) is 26.4 Å². The number of rotatable bonds is 4. The highest BCUT2D eigenvalue weighted by molar-refractivity contribution is 14.1. The maximum Gasteiger partial charge on any atom is 0.253 e. The molecule has 0 atom stereocenters. The van der Waals surface area contributed by atoms with Gasteiger partial charge in [0.1, 0.15) is 5.82 Å². The smallest absolute Gasteiger partial charge is 0.253 e. The molecule has 0 aliphatic carbocycles. The summed E-state index contributed by atoms with van der Waals surface area (Å²) >= 11 is 2.23. The first-order valence-corrected chi connectivity index (χ1v) is 10.6. The quantitative estimate of drug-likeness (QED) is 0.530. The van der Waals surface area contributed by atoms with Crippen molar-refractivity contribution < 1.29 is 14.3 Å². The minimum absolute atomic E-state index is 0.0434. The second kappa shape index (κ2) is 8.50. The standard InChI is InChI=1S/C21H22IN5O3/c1-29-17-11-15-16(12-18(17)30-2)24-21(25-19(15)23)27-9-7-26(8-10-27)20(28)13-3-5-14(22)6-4-13/h3-6,11-12H,7-10H2,1-2H3,(H2,23,24,25). The topological polar surface area (TPSA) is 93.8 Å². The van der Waals surface area contributed by atoms with E-state index >= 15 is 0 Å². The van der Waals surface area contributed by atoms with Crippen LogP contribution in [0.5, 0.6) is 11.5 Å². The fourth-order valence-electron chi connectivity index (χ4n) is 3.49. The van der Waals surface area contributed by atoms with Crippen LogP contribution in [0.1, 0.15) is 10.4 Å². The van der Waals surface area contributed by atoms with Gasteiger partial charge >= 0.3 is 0 Å². The Balaban J connectivity index is 1.53. The Hall–Kier alpha value is -2.82. The highest BCUT2D eigenvalue weighted by Gasteiger charge is 2.24. The highest BCUT2D eigenvalue weighted by atomic mass is 127. The molecule has 30 heavy (non-hydrogen) atoms. The van der Waals surface area contributed by atoms with Gasteiger partial charge in [0.05, 0.1) is 19.7 Å². The predicted molar refractivity (Wildman–Crippen MR) is 124 cm³/mol. The molecule has 0 spiro atoms. The molecule has 3 aromatic rings. The van der Waals surface area contributed by atoms with Crippen LogP contribution in [0, 0.1) is 3.57 Å². The molecule has 2 aromatic carbocycles. The van der Waals surface area contributed by atoms with Gasteiger partial charge in [-0.25, -0.2) is 4.98 Å². The molecule has 156 valence electrons. The van der Waals surface area contributed by atoms with Crippen molar-refractivity contribution in [2.45, 2.75) is 0 Å². The zero-order valence-corrected chi connectivity index (χ0v) is 18.9. The molecule has 1 saturated heterocycles. The third kappa shape index (κ3) is 3.93. The molecule has 4 rings (SSSR count). The van der Waals surface area contributed by atoms with Gasteiger partial charge in [0.25, 0.3) is 5.91 Å². The van der Waals surface area contributed by atoms with Gasteiger partial charge in [0, 0.05) is 46.8 Å². The van der Waals surface area contributed by atoms with Gasteiger partial charge in [0.2, 0.25) is 5.95 Å². The Labute approximate surface area is 188 Å². The monoisotopic (exact) mass is 519 g/mol. The largest absolute Gasteiger partial charge is 0.493 e. The van der Waals surface area contributed by atoms with Crippen molar-refractivity contribution in [1.82, 2.24) is 14.9 Å². The predicted octanol–water partition coefficient (Wildman–Crippen LogP) is 2.80. The molecule has 2 N–H and O–H groups in total. The molecule has 1 aliphatic rings. The normalized spacial score (nSPS) is 14.1. The van der Waals surface area contributed by atoms with Crippen molar-refractivity contribution in [2.75, 3.05) is 51.0 Å². The van der Waals surface area contributed by atoms with Crippen LogP contribution in [0.2, 0.25) is 0 Å². The molecule has 1 aliphatic heterocycles. The molecule has 9 heteroatoms. The fourth-order valence-corrected chi connectivity index (χ4v) is 3.85. The Morgan fingerprint density at radius 2 is 1.63 bits per heavy atom. The van der Waals surface area contributed by atoms with Crippen molar-refractivity contribution in [3.63, 3.8) is 0 Å². The maximum absolute atomic E-state index is 12.7. The highest BCUT2D eigenvalue weighted by Crippen LogP contribution is 2.34. The Bertz CT molecular complexity index is 1080. The molecule has 0 radical (unpaired) electrons. The minimum atomic E-state index is 0.0434. The third-order valence-electron chi connectivity index (χ3n) is 5.16. The molecule has 1 amide bonds. The van der Waals surface area contributed by atoms with Crippen LogP contribution in [-0.4, -0.2) is 61.2 Å². The molecule has 1 fully saturated rings. The van der Waals surface area contributed by atoms with Gasteiger partial charge in [-0.3, -0.25) is 4.79 Å². The van der Waals surface area contributed by atoms with E-state index in [2.05, 4.69) is 32.6 Å². The lowest BCUT2D eigenvalue weighted by molar-refractivity contribution is 0.0746. The fraction of sp³-hybridized carbons (Fsp3) is 0.286. The number of halogens is 1. The average molecular weight is 519 g/mol. The van der Waals surface area contributed by atoms with E-state index in [-0.39, 0.29) is 5.91 Å². The molecule has 2 heterocycles. The number of hydrogen-bond acceptors (Lipinski definition) is 7. The summed E-state index contributed by atoms with van der Waals surface area (Å²) in [6.45, 7) is 2.46. The van der Waals surface area contributed by atoms with E-state index in [9.17, 15) is 4.79 Å². The van der Waals surface area contributed by atoms with E-state index in [0.717, 1.165) is 3.57 Å². The van der Waals surface area contributed by atoms with Gasteiger partial charge in [-0.1, -0.05) is 0 Å². The number of nitrogens with zero attached hydrogens (tertiary/aromatic N) is 4. The van der Waals surface area contributed by atoms with Crippen LogP contribution in [0.3, 0.4) is 0 Å². The third-order valence-corrected chi connectivity index (χ3v) is 5.88. The number of fused-ring (bicyclic) bond motifs is 1. The van der Waals surface area contributed by atoms with Crippen molar-refractivity contribution in [3.05, 3.63) is 45.5 Å². The summed E-state index contributed by atoms with van der Waals surface area (Å²) in [5.41, 5.74) is 7.60. The number of piperazine rings is 1. The lowest BCUT2D eigenvalue weighted by Crippen LogP contribution is -2.49. The van der Waals surface area contributed by atoms with Crippen molar-refractivity contribution in [3.8, 4) is 11.5 Å². The minimum Gasteiger partial charge on any atom is -0.493 e. The number of amides is 1. The first kappa shape index (κ1) is 20.5.